The Morgan fingerprint density at radius 1 is 0.641 bits per heavy atom. The molecular formula is C33H48O6. The van der Waals surface area contributed by atoms with Crippen LogP contribution in [0, 0.1) is 0 Å². The minimum atomic E-state index is -0.666. The topological polar surface area (TPSA) is 82.1 Å². The van der Waals surface area contributed by atoms with Crippen LogP contribution in [0.15, 0.2) is 42.5 Å². The number of benzene rings is 2. The lowest BCUT2D eigenvalue weighted by molar-refractivity contribution is 0.0597. The zero-order valence-electron chi connectivity index (χ0n) is 24.1. The molecule has 2 aromatic carbocycles. The molecule has 0 aromatic heterocycles. The molecule has 0 amide bonds. The molecule has 0 atom stereocenters. The number of hydrogen-bond donors (Lipinski definition) is 1. The number of phenolic OH excluding ortho intramolecular Hbond substituents is 1. The third-order valence-electron chi connectivity index (χ3n) is 6.94. The van der Waals surface area contributed by atoms with Gasteiger partial charge in [0.15, 0.2) is 0 Å². The fraction of sp³-hybridized carbons (Fsp3) is 0.576. The highest BCUT2D eigenvalue weighted by Crippen LogP contribution is 2.25. The second-order valence-corrected chi connectivity index (χ2v) is 10.2. The molecule has 39 heavy (non-hydrogen) atoms. The molecule has 0 heterocycles. The molecule has 0 saturated carbocycles. The van der Waals surface area contributed by atoms with Crippen molar-refractivity contribution in [3.63, 3.8) is 0 Å². The van der Waals surface area contributed by atoms with Crippen molar-refractivity contribution in [1.29, 1.82) is 0 Å². The Morgan fingerprint density at radius 2 is 1.13 bits per heavy atom. The van der Waals surface area contributed by atoms with Crippen molar-refractivity contribution in [2.24, 2.45) is 0 Å². The Hall–Kier alpha value is -3.02. The molecule has 0 aliphatic heterocycles. The number of unbranched alkanes of at least 4 members (excludes halogenated alkanes) is 15. The summed E-state index contributed by atoms with van der Waals surface area (Å²) in [5, 5.41) is 9.95. The quantitative estimate of drug-likeness (QED) is 0.0966. The van der Waals surface area contributed by atoms with Crippen molar-refractivity contribution in [3.05, 3.63) is 53.6 Å². The van der Waals surface area contributed by atoms with Gasteiger partial charge in [-0.3, -0.25) is 0 Å². The fourth-order valence-corrected chi connectivity index (χ4v) is 4.55. The van der Waals surface area contributed by atoms with E-state index >= 15 is 0 Å². The van der Waals surface area contributed by atoms with E-state index in [0.29, 0.717) is 17.9 Å². The van der Waals surface area contributed by atoms with Crippen LogP contribution in [0.2, 0.25) is 0 Å². The van der Waals surface area contributed by atoms with E-state index in [2.05, 4.69) is 11.7 Å². The molecule has 1 N–H and O–H groups in total. The molecule has 0 aliphatic rings. The Balaban J connectivity index is 1.49. The number of carbonyl (C=O) groups excluding carboxylic acids is 2. The molecule has 6 nitrogen and oxygen atoms in total. The van der Waals surface area contributed by atoms with Crippen molar-refractivity contribution >= 4 is 11.9 Å². The highest BCUT2D eigenvalue weighted by molar-refractivity contribution is 5.93. The predicted octanol–water partition coefficient (Wildman–Crippen LogP) is 9.04. The third-order valence-corrected chi connectivity index (χ3v) is 6.94. The van der Waals surface area contributed by atoms with Crippen LogP contribution in [0.3, 0.4) is 0 Å². The van der Waals surface area contributed by atoms with Crippen LogP contribution >= 0.6 is 0 Å². The molecule has 6 heteroatoms. The van der Waals surface area contributed by atoms with Gasteiger partial charge in [-0.05, 0) is 42.8 Å². The average Bonchev–Trinajstić information content (AvgIpc) is 2.94. The summed E-state index contributed by atoms with van der Waals surface area (Å²) in [6, 6.07) is 10.8. The summed E-state index contributed by atoms with van der Waals surface area (Å²) >= 11 is 0. The van der Waals surface area contributed by atoms with E-state index in [9.17, 15) is 14.7 Å². The first kappa shape index (κ1) is 32.2. The van der Waals surface area contributed by atoms with Crippen LogP contribution in [-0.4, -0.2) is 30.8 Å². The molecule has 216 valence electrons. The van der Waals surface area contributed by atoms with Gasteiger partial charge in [-0.1, -0.05) is 103 Å². The molecule has 0 aliphatic carbocycles. The van der Waals surface area contributed by atoms with Gasteiger partial charge in [-0.2, -0.15) is 0 Å². The zero-order valence-corrected chi connectivity index (χ0v) is 24.1. The summed E-state index contributed by atoms with van der Waals surface area (Å²) in [4.78, 5) is 24.0. The van der Waals surface area contributed by atoms with Crippen molar-refractivity contribution < 1.29 is 28.9 Å². The first-order chi connectivity index (χ1) is 19.0. The minimum absolute atomic E-state index is 0.00291. The number of carbonyl (C=O) groups is 2. The van der Waals surface area contributed by atoms with Gasteiger partial charge in [0.1, 0.15) is 22.8 Å². The molecule has 0 fully saturated rings. The Kier molecular flexibility index (Phi) is 16.5. The lowest BCUT2D eigenvalue weighted by atomic mass is 10.0. The summed E-state index contributed by atoms with van der Waals surface area (Å²) in [7, 11) is 1.23. The van der Waals surface area contributed by atoms with Crippen LogP contribution in [0.25, 0.3) is 0 Å². The van der Waals surface area contributed by atoms with Gasteiger partial charge in [-0.15, -0.1) is 0 Å². The van der Waals surface area contributed by atoms with E-state index < -0.39 is 11.9 Å². The maximum absolute atomic E-state index is 12.4. The lowest BCUT2D eigenvalue weighted by Crippen LogP contribution is -2.09. The number of aromatic hydroxyl groups is 1. The molecule has 2 rings (SSSR count). The molecule has 2 aromatic rings. The van der Waals surface area contributed by atoms with Gasteiger partial charge in [0, 0.05) is 6.07 Å². The second kappa shape index (κ2) is 20.0. The van der Waals surface area contributed by atoms with Gasteiger partial charge in [0.25, 0.3) is 0 Å². The third kappa shape index (κ3) is 13.6. The zero-order chi connectivity index (χ0) is 28.1. The number of esters is 2. The fourth-order valence-electron chi connectivity index (χ4n) is 4.55. The van der Waals surface area contributed by atoms with Gasteiger partial charge in [0.2, 0.25) is 0 Å². The summed E-state index contributed by atoms with van der Waals surface area (Å²) in [5.74, 6) is -0.698. The van der Waals surface area contributed by atoms with Crippen LogP contribution in [-0.2, 0) is 4.74 Å². The van der Waals surface area contributed by atoms with Gasteiger partial charge < -0.3 is 19.3 Å². The van der Waals surface area contributed by atoms with Crippen molar-refractivity contribution in [2.75, 3.05) is 13.7 Å². The molecule has 0 unspecified atom stereocenters. The van der Waals surface area contributed by atoms with Crippen molar-refractivity contribution in [1.82, 2.24) is 0 Å². The van der Waals surface area contributed by atoms with Crippen molar-refractivity contribution in [2.45, 2.75) is 110 Å². The molecule has 0 radical (unpaired) electrons. The standard InChI is InChI=1S/C33H48O6/c1-3-4-5-6-7-8-9-10-11-12-13-14-15-16-17-18-25-38-28-21-19-27(20-22-28)32(35)39-29-23-24-30(31(34)26-29)33(36)37-2/h19-24,26,34H,3-18,25H2,1-2H3. The molecular weight excluding hydrogens is 492 g/mol. The number of methoxy groups -OCH3 is 1. The first-order valence-electron chi connectivity index (χ1n) is 14.9. The van der Waals surface area contributed by atoms with E-state index in [4.69, 9.17) is 9.47 Å². The summed E-state index contributed by atoms with van der Waals surface area (Å²) in [6.07, 6.45) is 21.5. The smallest absolute Gasteiger partial charge is 0.343 e. The van der Waals surface area contributed by atoms with E-state index in [-0.39, 0.29) is 17.1 Å². The molecule has 0 spiro atoms. The lowest BCUT2D eigenvalue weighted by Gasteiger charge is -2.09. The van der Waals surface area contributed by atoms with E-state index in [1.54, 1.807) is 24.3 Å². The Labute approximate surface area is 235 Å². The maximum Gasteiger partial charge on any atom is 0.343 e. The van der Waals surface area contributed by atoms with Crippen LogP contribution < -0.4 is 9.47 Å². The SMILES string of the molecule is CCCCCCCCCCCCCCCCCCOc1ccc(C(=O)Oc2ccc(C(=O)OC)c(O)c2)cc1. The summed E-state index contributed by atoms with van der Waals surface area (Å²) in [6.45, 7) is 2.93. The van der Waals surface area contributed by atoms with Crippen LogP contribution in [0.4, 0.5) is 0 Å². The van der Waals surface area contributed by atoms with E-state index in [1.807, 2.05) is 0 Å². The minimum Gasteiger partial charge on any atom is -0.507 e. The summed E-state index contributed by atoms with van der Waals surface area (Å²) in [5.41, 5.74) is 0.365. The largest absolute Gasteiger partial charge is 0.507 e. The molecule has 0 bridgehead atoms. The number of ether oxygens (including phenoxy) is 3. The van der Waals surface area contributed by atoms with E-state index in [0.717, 1.165) is 6.42 Å². The Morgan fingerprint density at radius 3 is 1.62 bits per heavy atom. The monoisotopic (exact) mass is 540 g/mol. The highest BCUT2D eigenvalue weighted by Gasteiger charge is 2.14. The van der Waals surface area contributed by atoms with Crippen LogP contribution in [0.1, 0.15) is 130 Å². The maximum atomic E-state index is 12.4. The van der Waals surface area contributed by atoms with E-state index in [1.165, 1.54) is 122 Å². The average molecular weight is 541 g/mol. The number of rotatable bonds is 21. The highest BCUT2D eigenvalue weighted by atomic mass is 16.5. The molecule has 0 saturated heterocycles. The van der Waals surface area contributed by atoms with Gasteiger partial charge >= 0.3 is 11.9 Å². The Bertz CT molecular complexity index is 953. The number of hydrogen-bond acceptors (Lipinski definition) is 6. The second-order valence-electron chi connectivity index (χ2n) is 10.2. The first-order valence-corrected chi connectivity index (χ1v) is 14.9. The number of phenols is 1. The van der Waals surface area contributed by atoms with Crippen molar-refractivity contribution in [3.8, 4) is 17.2 Å². The van der Waals surface area contributed by atoms with Crippen LogP contribution in [0.5, 0.6) is 17.2 Å². The summed E-state index contributed by atoms with van der Waals surface area (Å²) < 4.78 is 15.7. The van der Waals surface area contributed by atoms with Gasteiger partial charge in [0.05, 0.1) is 19.3 Å². The normalized spacial score (nSPS) is 10.8. The predicted molar refractivity (Wildman–Crippen MR) is 156 cm³/mol. The van der Waals surface area contributed by atoms with Gasteiger partial charge in [-0.25, -0.2) is 9.59 Å².